The third-order valence-electron chi connectivity index (χ3n) is 3.81. The largest absolute Gasteiger partial charge is 0.352 e. The van der Waals surface area contributed by atoms with Crippen LogP contribution in [-0.4, -0.2) is 22.8 Å². The summed E-state index contributed by atoms with van der Waals surface area (Å²) in [5.74, 6) is 0.359. The Hall–Kier alpha value is -1.09. The molecule has 2 atom stereocenters. The fourth-order valence-electron chi connectivity index (χ4n) is 2.64. The molecule has 0 bridgehead atoms. The highest BCUT2D eigenvalue weighted by molar-refractivity contribution is 6.20. The van der Waals surface area contributed by atoms with Crippen LogP contribution in [0.4, 0.5) is 0 Å². The Morgan fingerprint density at radius 2 is 2.11 bits per heavy atom. The van der Waals surface area contributed by atoms with E-state index >= 15 is 0 Å². The molecule has 1 aliphatic carbocycles. The topological polar surface area (TPSA) is 42.0 Å². The average molecular weight is 281 g/mol. The maximum Gasteiger partial charge on any atom is 0.253 e. The number of pyridine rings is 1. The second kappa shape index (κ2) is 6.38. The Labute approximate surface area is 119 Å². The predicted octanol–water partition coefficient (Wildman–Crippen LogP) is 3.23. The monoisotopic (exact) mass is 280 g/mol. The van der Waals surface area contributed by atoms with E-state index in [9.17, 15) is 4.79 Å². The van der Waals surface area contributed by atoms with Crippen molar-refractivity contribution >= 4 is 17.5 Å². The summed E-state index contributed by atoms with van der Waals surface area (Å²) in [7, 11) is 0. The minimum atomic E-state index is -0.0422. The molecule has 1 aliphatic rings. The lowest BCUT2D eigenvalue weighted by Crippen LogP contribution is -2.35. The van der Waals surface area contributed by atoms with Crippen LogP contribution in [0.1, 0.15) is 47.4 Å². The molecule has 0 aromatic carbocycles. The Balaban J connectivity index is 1.93. The molecular formula is C15H21ClN2O. The van der Waals surface area contributed by atoms with E-state index in [1.807, 2.05) is 26.0 Å². The van der Waals surface area contributed by atoms with Crippen LogP contribution in [0.2, 0.25) is 0 Å². The van der Waals surface area contributed by atoms with E-state index in [2.05, 4.69) is 10.3 Å². The summed E-state index contributed by atoms with van der Waals surface area (Å²) in [6, 6.07) is 3.71. The summed E-state index contributed by atoms with van der Waals surface area (Å²) in [5, 5.41) is 3.20. The van der Waals surface area contributed by atoms with Gasteiger partial charge in [-0.3, -0.25) is 9.78 Å². The molecule has 0 aliphatic heterocycles. The number of aromatic nitrogens is 1. The van der Waals surface area contributed by atoms with Crippen molar-refractivity contribution in [2.75, 3.05) is 6.54 Å². The summed E-state index contributed by atoms with van der Waals surface area (Å²) < 4.78 is 0. The highest BCUT2D eigenvalue weighted by atomic mass is 35.5. The Bertz CT molecular complexity index is 461. The molecule has 1 saturated carbocycles. The molecule has 19 heavy (non-hydrogen) atoms. The van der Waals surface area contributed by atoms with Gasteiger partial charge in [0, 0.05) is 17.6 Å². The van der Waals surface area contributed by atoms with E-state index < -0.39 is 0 Å². The molecule has 1 amide bonds. The molecule has 2 rings (SSSR count). The third kappa shape index (κ3) is 3.69. The summed E-state index contributed by atoms with van der Waals surface area (Å²) >= 11 is 6.30. The molecule has 1 aromatic heterocycles. The lowest BCUT2D eigenvalue weighted by atomic mass is 9.88. The molecular weight excluding hydrogens is 260 g/mol. The zero-order chi connectivity index (χ0) is 13.8. The van der Waals surface area contributed by atoms with Gasteiger partial charge in [-0.25, -0.2) is 0 Å². The van der Waals surface area contributed by atoms with Gasteiger partial charge in [-0.15, -0.1) is 11.6 Å². The number of amides is 1. The van der Waals surface area contributed by atoms with E-state index in [1.54, 1.807) is 0 Å². The smallest absolute Gasteiger partial charge is 0.253 e. The van der Waals surface area contributed by atoms with Gasteiger partial charge in [0.1, 0.15) is 0 Å². The predicted molar refractivity (Wildman–Crippen MR) is 77.6 cm³/mol. The van der Waals surface area contributed by atoms with Gasteiger partial charge in [-0.1, -0.05) is 12.8 Å². The standard InChI is InChI=1S/C15H21ClN2O/c1-10-7-8-13(11(2)18-10)15(19)17-9-12-5-3-4-6-14(12)16/h7-8,12,14H,3-6,9H2,1-2H3,(H,17,19). The first-order chi connectivity index (χ1) is 9.08. The normalized spacial score (nSPS) is 23.1. The van der Waals surface area contributed by atoms with E-state index in [0.29, 0.717) is 18.0 Å². The van der Waals surface area contributed by atoms with E-state index in [4.69, 9.17) is 11.6 Å². The van der Waals surface area contributed by atoms with Gasteiger partial charge >= 0.3 is 0 Å². The maximum absolute atomic E-state index is 12.1. The Morgan fingerprint density at radius 1 is 1.37 bits per heavy atom. The minimum Gasteiger partial charge on any atom is -0.352 e. The molecule has 1 fully saturated rings. The molecule has 2 unspecified atom stereocenters. The van der Waals surface area contributed by atoms with Crippen LogP contribution in [0.15, 0.2) is 12.1 Å². The van der Waals surface area contributed by atoms with E-state index in [0.717, 1.165) is 24.2 Å². The average Bonchev–Trinajstić information content (AvgIpc) is 2.37. The highest BCUT2D eigenvalue weighted by Gasteiger charge is 2.23. The number of aryl methyl sites for hydroxylation is 2. The summed E-state index contributed by atoms with van der Waals surface area (Å²) in [6.45, 7) is 4.46. The van der Waals surface area contributed by atoms with Crippen molar-refractivity contribution in [1.82, 2.24) is 10.3 Å². The molecule has 104 valence electrons. The number of carbonyl (C=O) groups excluding carboxylic acids is 1. The Morgan fingerprint density at radius 3 is 2.79 bits per heavy atom. The first-order valence-electron chi connectivity index (χ1n) is 6.94. The van der Waals surface area contributed by atoms with Gasteiger partial charge in [0.2, 0.25) is 0 Å². The van der Waals surface area contributed by atoms with Gasteiger partial charge in [0.15, 0.2) is 0 Å². The second-order valence-corrected chi connectivity index (χ2v) is 5.92. The molecule has 1 heterocycles. The molecule has 1 N–H and O–H groups in total. The van der Waals surface area contributed by atoms with Gasteiger partial charge in [0.25, 0.3) is 5.91 Å². The molecule has 0 radical (unpaired) electrons. The number of hydrogen-bond donors (Lipinski definition) is 1. The number of nitrogens with zero attached hydrogens (tertiary/aromatic N) is 1. The number of nitrogens with one attached hydrogen (secondary N) is 1. The fourth-order valence-corrected chi connectivity index (χ4v) is 3.01. The minimum absolute atomic E-state index is 0.0422. The second-order valence-electron chi connectivity index (χ2n) is 5.36. The molecule has 0 spiro atoms. The Kier molecular flexibility index (Phi) is 4.81. The lowest BCUT2D eigenvalue weighted by molar-refractivity contribution is 0.0943. The number of alkyl halides is 1. The molecule has 4 heteroatoms. The van der Waals surface area contributed by atoms with Crippen LogP contribution in [-0.2, 0) is 0 Å². The fraction of sp³-hybridized carbons (Fsp3) is 0.600. The van der Waals surface area contributed by atoms with Crippen LogP contribution in [0.25, 0.3) is 0 Å². The molecule has 0 saturated heterocycles. The van der Waals surface area contributed by atoms with Crippen molar-refractivity contribution in [1.29, 1.82) is 0 Å². The quantitative estimate of drug-likeness (QED) is 0.864. The molecule has 3 nitrogen and oxygen atoms in total. The first-order valence-corrected chi connectivity index (χ1v) is 7.38. The van der Waals surface area contributed by atoms with Crippen LogP contribution in [0.5, 0.6) is 0 Å². The van der Waals surface area contributed by atoms with Crippen molar-refractivity contribution in [3.05, 3.63) is 29.1 Å². The van der Waals surface area contributed by atoms with Crippen molar-refractivity contribution < 1.29 is 4.79 Å². The van der Waals surface area contributed by atoms with E-state index in [1.165, 1.54) is 12.8 Å². The molecule has 1 aromatic rings. The number of hydrogen-bond acceptors (Lipinski definition) is 2. The van der Waals surface area contributed by atoms with Crippen molar-refractivity contribution in [2.45, 2.75) is 44.9 Å². The number of rotatable bonds is 3. The van der Waals surface area contributed by atoms with Crippen molar-refractivity contribution in [3.8, 4) is 0 Å². The van der Waals surface area contributed by atoms with Crippen molar-refractivity contribution in [3.63, 3.8) is 0 Å². The SMILES string of the molecule is Cc1ccc(C(=O)NCC2CCCCC2Cl)c(C)n1. The number of halogens is 1. The lowest BCUT2D eigenvalue weighted by Gasteiger charge is -2.27. The van der Waals surface area contributed by atoms with E-state index in [-0.39, 0.29) is 11.3 Å². The van der Waals surface area contributed by atoms with Gasteiger partial charge in [-0.05, 0) is 44.7 Å². The van der Waals surface area contributed by atoms with Crippen LogP contribution in [0, 0.1) is 19.8 Å². The zero-order valence-corrected chi connectivity index (χ0v) is 12.3. The first kappa shape index (κ1) is 14.3. The third-order valence-corrected chi connectivity index (χ3v) is 4.39. The maximum atomic E-state index is 12.1. The summed E-state index contributed by atoms with van der Waals surface area (Å²) in [4.78, 5) is 16.4. The van der Waals surface area contributed by atoms with Gasteiger partial charge in [0.05, 0.1) is 11.3 Å². The summed E-state index contributed by atoms with van der Waals surface area (Å²) in [5.41, 5.74) is 2.37. The zero-order valence-electron chi connectivity index (χ0n) is 11.6. The van der Waals surface area contributed by atoms with Crippen LogP contribution < -0.4 is 5.32 Å². The number of carbonyl (C=O) groups is 1. The van der Waals surface area contributed by atoms with Gasteiger partial charge < -0.3 is 5.32 Å². The van der Waals surface area contributed by atoms with Crippen LogP contribution in [0.3, 0.4) is 0 Å². The summed E-state index contributed by atoms with van der Waals surface area (Å²) in [6.07, 6.45) is 4.60. The van der Waals surface area contributed by atoms with Crippen LogP contribution >= 0.6 is 11.6 Å². The van der Waals surface area contributed by atoms with Crippen molar-refractivity contribution in [2.24, 2.45) is 5.92 Å². The highest BCUT2D eigenvalue weighted by Crippen LogP contribution is 2.28. The van der Waals surface area contributed by atoms with Gasteiger partial charge in [-0.2, -0.15) is 0 Å².